The third-order valence-electron chi connectivity index (χ3n) is 2.63. The van der Waals surface area contributed by atoms with Gasteiger partial charge in [-0.05, 0) is 36.9 Å². The molecule has 1 aromatic carbocycles. The first kappa shape index (κ1) is 19.5. The zero-order valence-corrected chi connectivity index (χ0v) is 15.8. The number of hydrogen-bond acceptors (Lipinski definition) is 5. The minimum absolute atomic E-state index is 0.167. The highest BCUT2D eigenvalue weighted by molar-refractivity contribution is 8.58. The van der Waals surface area contributed by atoms with Gasteiger partial charge in [-0.1, -0.05) is 25.1 Å². The van der Waals surface area contributed by atoms with Gasteiger partial charge in [0.05, 0.1) is 12.3 Å². The van der Waals surface area contributed by atoms with E-state index in [1.165, 1.54) is 14.1 Å². The maximum absolute atomic E-state index is 13.3. The van der Waals surface area contributed by atoms with Crippen molar-refractivity contribution < 1.29 is 17.5 Å². The molecule has 0 amide bonds. The summed E-state index contributed by atoms with van der Waals surface area (Å²) < 4.78 is 46.1. The van der Waals surface area contributed by atoms with Gasteiger partial charge in [0, 0.05) is 19.8 Å². The van der Waals surface area contributed by atoms with E-state index in [4.69, 9.17) is 4.52 Å². The minimum atomic E-state index is -3.94. The molecular formula is C13H23N2O4PS2. The number of para-hydroxylation sites is 1. The monoisotopic (exact) mass is 366 g/mol. The summed E-state index contributed by atoms with van der Waals surface area (Å²) in [4.78, 5) is 0. The van der Waals surface area contributed by atoms with Crippen LogP contribution in [-0.4, -0.2) is 39.2 Å². The van der Waals surface area contributed by atoms with E-state index < -0.39 is 16.9 Å². The molecular weight excluding hydrogens is 343 g/mol. The second kappa shape index (κ2) is 8.36. The molecule has 126 valence electrons. The smallest absolute Gasteiger partial charge is 0.305 e. The molecule has 6 nitrogen and oxygen atoms in total. The van der Waals surface area contributed by atoms with E-state index in [1.807, 2.05) is 6.92 Å². The summed E-state index contributed by atoms with van der Waals surface area (Å²) in [6.07, 6.45) is 0.770. The van der Waals surface area contributed by atoms with E-state index in [9.17, 15) is 13.0 Å². The Bertz CT molecular complexity index is 608. The first-order chi connectivity index (χ1) is 10.3. The molecule has 0 saturated carbocycles. The van der Waals surface area contributed by atoms with E-state index in [0.29, 0.717) is 11.4 Å². The van der Waals surface area contributed by atoms with Gasteiger partial charge in [0.15, 0.2) is 0 Å². The largest absolute Gasteiger partial charge is 0.368 e. The SMILES string of the molecule is CCCSP(=O)(OCC)N(c1ccccc1)S(=O)(=O)N(C)C. The van der Waals surface area contributed by atoms with Crippen molar-refractivity contribution in [3.63, 3.8) is 0 Å². The van der Waals surface area contributed by atoms with Crippen LogP contribution >= 0.6 is 18.1 Å². The zero-order chi connectivity index (χ0) is 16.8. The fraction of sp³-hybridized carbons (Fsp3) is 0.538. The zero-order valence-electron chi connectivity index (χ0n) is 13.3. The Labute approximate surface area is 137 Å². The van der Waals surface area contributed by atoms with Crippen molar-refractivity contribution >= 4 is 34.0 Å². The maximum atomic E-state index is 13.3. The van der Waals surface area contributed by atoms with Crippen LogP contribution in [0.3, 0.4) is 0 Å². The summed E-state index contributed by atoms with van der Waals surface area (Å²) in [5.41, 5.74) is 0.330. The Morgan fingerprint density at radius 2 is 1.77 bits per heavy atom. The Hall–Kier alpha value is -0.530. The number of nitrogens with zero attached hydrogens (tertiary/aromatic N) is 2. The molecule has 1 aromatic rings. The van der Waals surface area contributed by atoms with Gasteiger partial charge >= 0.3 is 16.9 Å². The third kappa shape index (κ3) is 4.49. The lowest BCUT2D eigenvalue weighted by Gasteiger charge is -2.32. The van der Waals surface area contributed by atoms with Crippen LogP contribution in [0.4, 0.5) is 5.69 Å². The lowest BCUT2D eigenvalue weighted by atomic mass is 10.3. The molecule has 0 spiro atoms. The van der Waals surface area contributed by atoms with Crippen molar-refractivity contribution in [3.8, 4) is 0 Å². The van der Waals surface area contributed by atoms with E-state index in [-0.39, 0.29) is 6.61 Å². The van der Waals surface area contributed by atoms with Crippen molar-refractivity contribution in [2.45, 2.75) is 20.3 Å². The first-order valence-electron chi connectivity index (χ1n) is 6.97. The van der Waals surface area contributed by atoms with Gasteiger partial charge in [-0.25, -0.2) is 0 Å². The van der Waals surface area contributed by atoms with Crippen molar-refractivity contribution in [2.75, 3.05) is 30.5 Å². The minimum Gasteiger partial charge on any atom is -0.305 e. The highest BCUT2D eigenvalue weighted by Crippen LogP contribution is 2.65. The van der Waals surface area contributed by atoms with E-state index in [2.05, 4.69) is 0 Å². The molecule has 9 heteroatoms. The molecule has 0 aliphatic heterocycles. The van der Waals surface area contributed by atoms with Crippen LogP contribution in [0.2, 0.25) is 0 Å². The van der Waals surface area contributed by atoms with Crippen molar-refractivity contribution in [1.82, 2.24) is 4.31 Å². The number of rotatable bonds is 9. The predicted molar refractivity (Wildman–Crippen MR) is 93.5 cm³/mol. The molecule has 0 fully saturated rings. The quantitative estimate of drug-likeness (QED) is 0.625. The Morgan fingerprint density at radius 3 is 2.23 bits per heavy atom. The lowest BCUT2D eigenvalue weighted by Crippen LogP contribution is -2.38. The summed E-state index contributed by atoms with van der Waals surface area (Å²) in [6, 6.07) is 8.40. The summed E-state index contributed by atoms with van der Waals surface area (Å²) >= 11 is 1.05. The first-order valence-corrected chi connectivity index (χ1v) is 11.5. The molecule has 0 aliphatic rings. The Morgan fingerprint density at radius 1 is 1.18 bits per heavy atom. The highest BCUT2D eigenvalue weighted by atomic mass is 32.7. The van der Waals surface area contributed by atoms with Crippen LogP contribution in [0.25, 0.3) is 0 Å². The summed E-state index contributed by atoms with van der Waals surface area (Å²) in [5.74, 6) is 0.545. The molecule has 0 bridgehead atoms. The van der Waals surface area contributed by atoms with Crippen LogP contribution in [0.5, 0.6) is 0 Å². The van der Waals surface area contributed by atoms with Crippen LogP contribution < -0.4 is 4.08 Å². The average Bonchev–Trinajstić information content (AvgIpc) is 2.46. The molecule has 1 rings (SSSR count). The van der Waals surface area contributed by atoms with Crippen LogP contribution in [0.1, 0.15) is 20.3 Å². The summed E-state index contributed by atoms with van der Waals surface area (Å²) in [6.45, 7) is 0.184. The molecule has 0 saturated heterocycles. The predicted octanol–water partition coefficient (Wildman–Crippen LogP) is 3.59. The fourth-order valence-electron chi connectivity index (χ4n) is 1.62. The van der Waals surface area contributed by atoms with Gasteiger partial charge in [-0.3, -0.25) is 4.57 Å². The molecule has 0 radical (unpaired) electrons. The topological polar surface area (TPSA) is 66.9 Å². The standard InChI is InChI=1S/C13H23N2O4PS2/c1-5-12-21-20(16,19-6-2)15(22(17,18)14(3)4)13-10-8-7-9-11-13/h7-11H,5-6,12H2,1-4H3. The average molecular weight is 366 g/mol. The lowest BCUT2D eigenvalue weighted by molar-refractivity contribution is 0.346. The number of anilines is 1. The second-order valence-corrected chi connectivity index (χ2v) is 11.3. The Kier molecular flexibility index (Phi) is 7.41. The molecule has 0 aromatic heterocycles. The fourth-order valence-corrected chi connectivity index (χ4v) is 8.91. The van der Waals surface area contributed by atoms with Gasteiger partial charge in [0.1, 0.15) is 0 Å². The molecule has 22 heavy (non-hydrogen) atoms. The maximum Gasteiger partial charge on any atom is 0.368 e. The van der Waals surface area contributed by atoms with Crippen molar-refractivity contribution in [3.05, 3.63) is 30.3 Å². The van der Waals surface area contributed by atoms with Gasteiger partial charge < -0.3 is 4.52 Å². The van der Waals surface area contributed by atoms with Crippen LogP contribution in [0, 0.1) is 0 Å². The Balaban J connectivity index is 3.44. The molecule has 0 aliphatic carbocycles. The number of benzene rings is 1. The van der Waals surface area contributed by atoms with Crippen LogP contribution in [0.15, 0.2) is 30.3 Å². The normalized spacial score (nSPS) is 14.8. The third-order valence-corrected chi connectivity index (χ3v) is 10.3. The van der Waals surface area contributed by atoms with Crippen molar-refractivity contribution in [2.24, 2.45) is 0 Å². The van der Waals surface area contributed by atoms with Gasteiger partial charge in [0.25, 0.3) is 0 Å². The molecule has 1 unspecified atom stereocenters. The van der Waals surface area contributed by atoms with E-state index in [0.717, 1.165) is 26.2 Å². The molecule has 0 heterocycles. The summed E-state index contributed by atoms with van der Waals surface area (Å²) in [5, 5.41) is 0. The van der Waals surface area contributed by atoms with Gasteiger partial charge in [-0.15, -0.1) is 0 Å². The van der Waals surface area contributed by atoms with E-state index >= 15 is 0 Å². The second-order valence-electron chi connectivity index (χ2n) is 4.59. The molecule has 1 atom stereocenters. The molecule has 0 N–H and O–H groups in total. The van der Waals surface area contributed by atoms with Crippen LogP contribution in [-0.2, 0) is 19.3 Å². The highest BCUT2D eigenvalue weighted by Gasteiger charge is 2.42. The van der Waals surface area contributed by atoms with Gasteiger partial charge in [-0.2, -0.15) is 16.8 Å². The van der Waals surface area contributed by atoms with E-state index in [1.54, 1.807) is 37.3 Å². The summed E-state index contributed by atoms with van der Waals surface area (Å²) in [7, 11) is -1.13. The van der Waals surface area contributed by atoms with Gasteiger partial charge in [0.2, 0.25) is 0 Å². The van der Waals surface area contributed by atoms with Crippen molar-refractivity contribution in [1.29, 1.82) is 0 Å². The number of hydrogen-bond donors (Lipinski definition) is 0.